The number of rotatable bonds is 5. The molecular weight excluding hydrogens is 190 g/mol. The van der Waals surface area contributed by atoms with Gasteiger partial charge < -0.3 is 10.2 Å². The summed E-state index contributed by atoms with van der Waals surface area (Å²) in [4.78, 5) is 4.01. The van der Waals surface area contributed by atoms with Gasteiger partial charge in [-0.2, -0.15) is 0 Å². The van der Waals surface area contributed by atoms with Crippen molar-refractivity contribution in [3.05, 3.63) is 18.3 Å². The van der Waals surface area contributed by atoms with E-state index >= 15 is 0 Å². The molecule has 0 saturated carbocycles. The van der Waals surface area contributed by atoms with E-state index in [-0.39, 0.29) is 6.10 Å². The number of anilines is 1. The van der Waals surface area contributed by atoms with E-state index in [1.165, 1.54) is 0 Å². The van der Waals surface area contributed by atoms with Gasteiger partial charge in [0.1, 0.15) is 11.6 Å². The molecule has 4 nitrogen and oxygen atoms in total. The number of aromatic nitrogens is 1. The fourth-order valence-corrected chi connectivity index (χ4v) is 1.51. The summed E-state index contributed by atoms with van der Waals surface area (Å²) in [5.74, 6) is 7.31. The molecule has 3 N–H and O–H groups in total. The van der Waals surface area contributed by atoms with E-state index in [4.69, 9.17) is 10.6 Å². The molecule has 0 spiro atoms. The van der Waals surface area contributed by atoms with Crippen LogP contribution in [0.4, 0.5) is 5.82 Å². The minimum absolute atomic E-state index is 0.207. The molecule has 0 amide bonds. The number of nitrogens with zero attached hydrogens (tertiary/aromatic N) is 1. The van der Waals surface area contributed by atoms with Crippen molar-refractivity contribution in [1.29, 1.82) is 0 Å². The molecule has 0 aliphatic carbocycles. The van der Waals surface area contributed by atoms with E-state index < -0.39 is 0 Å². The van der Waals surface area contributed by atoms with Crippen LogP contribution in [0.25, 0.3) is 0 Å². The maximum absolute atomic E-state index is 5.73. The minimum Gasteiger partial charge on any atom is -0.491 e. The van der Waals surface area contributed by atoms with E-state index in [1.807, 2.05) is 6.07 Å². The SMILES string of the molecule is CC(C)CC(C)Oc1ccnc(NN)c1. The van der Waals surface area contributed by atoms with E-state index in [2.05, 4.69) is 31.2 Å². The highest BCUT2D eigenvalue weighted by Gasteiger charge is 2.06. The van der Waals surface area contributed by atoms with Crippen LogP contribution >= 0.6 is 0 Å². The summed E-state index contributed by atoms with van der Waals surface area (Å²) in [5, 5.41) is 0. The highest BCUT2D eigenvalue weighted by molar-refractivity contribution is 5.39. The Bertz CT molecular complexity index is 302. The molecule has 1 aromatic heterocycles. The van der Waals surface area contributed by atoms with Crippen LogP contribution < -0.4 is 16.0 Å². The zero-order valence-corrected chi connectivity index (χ0v) is 9.53. The lowest BCUT2D eigenvalue weighted by Crippen LogP contribution is -2.15. The lowest BCUT2D eigenvalue weighted by atomic mass is 10.1. The lowest BCUT2D eigenvalue weighted by molar-refractivity contribution is 0.193. The van der Waals surface area contributed by atoms with E-state index in [9.17, 15) is 0 Å². The lowest BCUT2D eigenvalue weighted by Gasteiger charge is -2.16. The van der Waals surface area contributed by atoms with E-state index in [0.717, 1.165) is 12.2 Å². The van der Waals surface area contributed by atoms with Crippen LogP contribution in [-0.4, -0.2) is 11.1 Å². The average molecular weight is 209 g/mol. The molecule has 4 heteroatoms. The van der Waals surface area contributed by atoms with Crippen LogP contribution in [0.15, 0.2) is 18.3 Å². The van der Waals surface area contributed by atoms with Crippen molar-refractivity contribution in [1.82, 2.24) is 4.98 Å². The van der Waals surface area contributed by atoms with Gasteiger partial charge in [0.2, 0.25) is 0 Å². The Morgan fingerprint density at radius 3 is 2.80 bits per heavy atom. The molecule has 0 saturated heterocycles. The van der Waals surface area contributed by atoms with Gasteiger partial charge in [-0.25, -0.2) is 10.8 Å². The second kappa shape index (κ2) is 5.56. The van der Waals surface area contributed by atoms with Crippen molar-refractivity contribution in [3.63, 3.8) is 0 Å². The molecule has 0 aliphatic rings. The molecule has 15 heavy (non-hydrogen) atoms. The smallest absolute Gasteiger partial charge is 0.143 e. The van der Waals surface area contributed by atoms with Gasteiger partial charge in [0, 0.05) is 12.3 Å². The third-order valence-electron chi connectivity index (χ3n) is 2.02. The zero-order valence-electron chi connectivity index (χ0n) is 9.53. The summed E-state index contributed by atoms with van der Waals surface area (Å²) in [7, 11) is 0. The number of ether oxygens (including phenoxy) is 1. The van der Waals surface area contributed by atoms with Crippen molar-refractivity contribution < 1.29 is 4.74 Å². The number of nitrogen functional groups attached to an aromatic ring is 1. The monoisotopic (exact) mass is 209 g/mol. The fraction of sp³-hybridized carbons (Fsp3) is 0.545. The molecule has 1 aromatic rings. The second-order valence-electron chi connectivity index (χ2n) is 4.08. The average Bonchev–Trinajstić information content (AvgIpc) is 2.16. The van der Waals surface area contributed by atoms with Gasteiger partial charge in [-0.05, 0) is 25.3 Å². The molecule has 0 radical (unpaired) electrons. The fourth-order valence-electron chi connectivity index (χ4n) is 1.51. The summed E-state index contributed by atoms with van der Waals surface area (Å²) in [5.41, 5.74) is 2.49. The summed E-state index contributed by atoms with van der Waals surface area (Å²) in [6.07, 6.45) is 2.92. The Hall–Kier alpha value is -1.29. The van der Waals surface area contributed by atoms with E-state index in [1.54, 1.807) is 12.3 Å². The van der Waals surface area contributed by atoms with Gasteiger partial charge in [-0.3, -0.25) is 0 Å². The third kappa shape index (κ3) is 4.16. The first-order chi connectivity index (χ1) is 7.11. The Morgan fingerprint density at radius 1 is 1.47 bits per heavy atom. The predicted molar refractivity (Wildman–Crippen MR) is 61.6 cm³/mol. The normalized spacial score (nSPS) is 12.6. The second-order valence-corrected chi connectivity index (χ2v) is 4.08. The van der Waals surface area contributed by atoms with Crippen LogP contribution in [0.2, 0.25) is 0 Å². The van der Waals surface area contributed by atoms with Crippen LogP contribution in [-0.2, 0) is 0 Å². The molecule has 1 rings (SSSR count). The van der Waals surface area contributed by atoms with Crippen LogP contribution in [0, 0.1) is 5.92 Å². The maximum atomic E-state index is 5.73. The molecule has 1 heterocycles. The Balaban J connectivity index is 2.55. The van der Waals surface area contributed by atoms with Gasteiger partial charge >= 0.3 is 0 Å². The minimum atomic E-state index is 0.207. The zero-order chi connectivity index (χ0) is 11.3. The Labute approximate surface area is 90.8 Å². The van der Waals surface area contributed by atoms with Crippen LogP contribution in [0.5, 0.6) is 5.75 Å². The number of hydrazine groups is 1. The first-order valence-corrected chi connectivity index (χ1v) is 5.21. The van der Waals surface area contributed by atoms with E-state index in [0.29, 0.717) is 11.7 Å². The van der Waals surface area contributed by atoms with Crippen molar-refractivity contribution in [2.45, 2.75) is 33.3 Å². The van der Waals surface area contributed by atoms with Gasteiger partial charge in [0.05, 0.1) is 6.10 Å². The third-order valence-corrected chi connectivity index (χ3v) is 2.02. The highest BCUT2D eigenvalue weighted by Crippen LogP contribution is 2.17. The first-order valence-electron chi connectivity index (χ1n) is 5.21. The van der Waals surface area contributed by atoms with Crippen LogP contribution in [0.3, 0.4) is 0 Å². The summed E-state index contributed by atoms with van der Waals surface area (Å²) < 4.78 is 5.73. The molecule has 0 aliphatic heterocycles. The number of hydrogen-bond donors (Lipinski definition) is 2. The van der Waals surface area contributed by atoms with Crippen molar-refractivity contribution >= 4 is 5.82 Å². The summed E-state index contributed by atoms with van der Waals surface area (Å²) in [6, 6.07) is 3.62. The molecule has 1 unspecified atom stereocenters. The topological polar surface area (TPSA) is 60.2 Å². The molecule has 0 aromatic carbocycles. The number of hydrogen-bond acceptors (Lipinski definition) is 4. The Morgan fingerprint density at radius 2 is 2.20 bits per heavy atom. The predicted octanol–water partition coefficient (Wildman–Crippen LogP) is 2.18. The van der Waals surface area contributed by atoms with Crippen molar-refractivity contribution in [2.24, 2.45) is 11.8 Å². The molecular formula is C11H19N3O. The summed E-state index contributed by atoms with van der Waals surface area (Å²) >= 11 is 0. The van der Waals surface area contributed by atoms with Gasteiger partial charge in [0.15, 0.2) is 0 Å². The van der Waals surface area contributed by atoms with Crippen LogP contribution in [0.1, 0.15) is 27.2 Å². The molecule has 1 atom stereocenters. The first kappa shape index (κ1) is 11.8. The van der Waals surface area contributed by atoms with Gasteiger partial charge in [-0.15, -0.1) is 0 Å². The molecule has 0 fully saturated rings. The van der Waals surface area contributed by atoms with Crippen molar-refractivity contribution in [3.8, 4) is 5.75 Å². The Kier molecular flexibility index (Phi) is 4.37. The number of nitrogens with two attached hydrogens (primary N) is 1. The largest absolute Gasteiger partial charge is 0.491 e. The highest BCUT2D eigenvalue weighted by atomic mass is 16.5. The molecule has 0 bridgehead atoms. The molecule has 84 valence electrons. The number of pyridine rings is 1. The standard InChI is InChI=1S/C11H19N3O/c1-8(2)6-9(3)15-10-4-5-13-11(7-10)14-12/h4-5,7-9H,6,12H2,1-3H3,(H,13,14). The quantitative estimate of drug-likeness (QED) is 0.576. The number of nitrogens with one attached hydrogen (secondary N) is 1. The van der Waals surface area contributed by atoms with Gasteiger partial charge in [0.25, 0.3) is 0 Å². The maximum Gasteiger partial charge on any atom is 0.143 e. The van der Waals surface area contributed by atoms with Crippen molar-refractivity contribution in [2.75, 3.05) is 5.43 Å². The summed E-state index contributed by atoms with van der Waals surface area (Å²) in [6.45, 7) is 6.43. The van der Waals surface area contributed by atoms with Gasteiger partial charge in [-0.1, -0.05) is 13.8 Å².